The Balaban J connectivity index is 1.94. The molecule has 186 valence electrons. The highest BCUT2D eigenvalue weighted by molar-refractivity contribution is 5.67. The number of hydrogen-bond donors (Lipinski definition) is 0. The minimum absolute atomic E-state index is 0.00151. The molecule has 1 heterocycles. The number of carbonyl (C=O) groups excluding carboxylic acids is 2. The normalized spacial score (nSPS) is 12.9. The average molecular weight is 482 g/mol. The first-order valence-electron chi connectivity index (χ1n) is 11.1. The summed E-state index contributed by atoms with van der Waals surface area (Å²) in [4.78, 5) is 33.3. The van der Waals surface area contributed by atoms with Gasteiger partial charge in [-0.2, -0.15) is 5.06 Å². The molecule has 0 saturated carbocycles. The van der Waals surface area contributed by atoms with Gasteiger partial charge in [0.2, 0.25) is 6.23 Å². The van der Waals surface area contributed by atoms with E-state index >= 15 is 0 Å². The van der Waals surface area contributed by atoms with Crippen LogP contribution in [0.4, 0.5) is 4.79 Å². The van der Waals surface area contributed by atoms with Crippen LogP contribution in [0, 0.1) is 5.41 Å². The van der Waals surface area contributed by atoms with Gasteiger partial charge in [-0.25, -0.2) is 9.78 Å². The first-order valence-corrected chi connectivity index (χ1v) is 11.1. The van der Waals surface area contributed by atoms with E-state index in [9.17, 15) is 9.59 Å². The summed E-state index contributed by atoms with van der Waals surface area (Å²) in [6.45, 7) is 4.98. The molecule has 0 bridgehead atoms. The summed E-state index contributed by atoms with van der Waals surface area (Å²) in [6, 6.07) is 17.6. The van der Waals surface area contributed by atoms with Gasteiger partial charge in [0, 0.05) is 31.8 Å². The smallest absolute Gasteiger partial charge is 0.434 e. The number of aromatic nitrogens is 2. The third-order valence-electron chi connectivity index (χ3n) is 5.47. The van der Waals surface area contributed by atoms with Crippen molar-refractivity contribution in [3.05, 3.63) is 73.3 Å². The number of rotatable bonds is 10. The number of nitrogens with zero attached hydrogens (tertiary/aromatic N) is 3. The van der Waals surface area contributed by atoms with Gasteiger partial charge in [0.25, 0.3) is 0 Å². The zero-order valence-corrected chi connectivity index (χ0v) is 20.6. The topological polar surface area (TPSA) is 92.1 Å². The number of benzene rings is 2. The van der Waals surface area contributed by atoms with Crippen LogP contribution in [0.2, 0.25) is 0 Å². The molecule has 2 aromatic carbocycles. The molecule has 1 amide bonds. The molecule has 0 fully saturated rings. The minimum Gasteiger partial charge on any atom is -0.466 e. The third kappa shape index (κ3) is 6.83. The molecule has 1 aromatic heterocycles. The Hall–Kier alpha value is -3.85. The van der Waals surface area contributed by atoms with Crippen LogP contribution in [0.3, 0.4) is 0 Å². The molecule has 0 N–H and O–H groups in total. The standard InChI is InChI=1S/C26H31N3O6/c1-19(30)33-17-26(2,3)23(35-25(31)28(4)32-5)24(29-16-15-27-18-29)34-22-13-11-21(12-14-22)20-9-7-6-8-10-20/h6-16,18,23-24H,17H2,1-5H3. The van der Waals surface area contributed by atoms with Crippen molar-refractivity contribution in [2.45, 2.75) is 33.1 Å². The molecule has 35 heavy (non-hydrogen) atoms. The number of carbonyl (C=O) groups is 2. The molecule has 9 heteroatoms. The van der Waals surface area contributed by atoms with Gasteiger partial charge in [-0.3, -0.25) is 14.2 Å². The lowest BCUT2D eigenvalue weighted by molar-refractivity contribution is -0.158. The highest BCUT2D eigenvalue weighted by Crippen LogP contribution is 2.35. The number of hydrogen-bond acceptors (Lipinski definition) is 7. The maximum atomic E-state index is 12.7. The van der Waals surface area contributed by atoms with E-state index in [1.165, 1.54) is 21.1 Å². The number of imidazole rings is 1. The Kier molecular flexibility index (Phi) is 8.48. The number of amides is 1. The predicted octanol–water partition coefficient (Wildman–Crippen LogP) is 4.72. The van der Waals surface area contributed by atoms with Crippen molar-refractivity contribution < 1.29 is 28.6 Å². The van der Waals surface area contributed by atoms with E-state index in [1.807, 2.05) is 68.4 Å². The van der Waals surface area contributed by atoms with Crippen LogP contribution >= 0.6 is 0 Å². The second-order valence-electron chi connectivity index (χ2n) is 8.66. The Labute approximate surface area is 205 Å². The minimum atomic E-state index is -0.894. The Morgan fingerprint density at radius 3 is 2.29 bits per heavy atom. The molecule has 0 spiro atoms. The molecule has 0 radical (unpaired) electrons. The van der Waals surface area contributed by atoms with E-state index in [0.717, 1.165) is 16.2 Å². The highest BCUT2D eigenvalue weighted by Gasteiger charge is 2.43. The van der Waals surface area contributed by atoms with Crippen molar-refractivity contribution in [1.82, 2.24) is 14.6 Å². The number of ether oxygens (including phenoxy) is 3. The fourth-order valence-electron chi connectivity index (χ4n) is 3.43. The Bertz CT molecular complexity index is 1080. The lowest BCUT2D eigenvalue weighted by atomic mass is 9.86. The van der Waals surface area contributed by atoms with E-state index < -0.39 is 29.8 Å². The quantitative estimate of drug-likeness (QED) is 0.306. The number of hydroxylamine groups is 2. The van der Waals surface area contributed by atoms with Crippen LogP contribution in [0.15, 0.2) is 73.3 Å². The lowest BCUT2D eigenvalue weighted by Gasteiger charge is -2.38. The summed E-state index contributed by atoms with van der Waals surface area (Å²) in [5.74, 6) is 0.126. The monoisotopic (exact) mass is 481 g/mol. The maximum Gasteiger partial charge on any atom is 0.434 e. The van der Waals surface area contributed by atoms with Gasteiger partial charge in [-0.1, -0.05) is 56.3 Å². The summed E-state index contributed by atoms with van der Waals surface area (Å²) >= 11 is 0. The Morgan fingerprint density at radius 1 is 1.06 bits per heavy atom. The zero-order chi connectivity index (χ0) is 25.4. The zero-order valence-electron chi connectivity index (χ0n) is 20.6. The second-order valence-corrected chi connectivity index (χ2v) is 8.66. The lowest BCUT2D eigenvalue weighted by Crippen LogP contribution is -2.47. The van der Waals surface area contributed by atoms with Crippen LogP contribution in [0.1, 0.15) is 27.0 Å². The largest absolute Gasteiger partial charge is 0.466 e. The molecular weight excluding hydrogens is 450 g/mol. The van der Waals surface area contributed by atoms with Crippen LogP contribution in [-0.4, -0.2) is 53.5 Å². The predicted molar refractivity (Wildman–Crippen MR) is 129 cm³/mol. The van der Waals surface area contributed by atoms with Gasteiger partial charge in [-0.05, 0) is 23.3 Å². The van der Waals surface area contributed by atoms with Gasteiger partial charge in [0.05, 0.1) is 13.4 Å². The van der Waals surface area contributed by atoms with Crippen LogP contribution in [0.25, 0.3) is 11.1 Å². The first kappa shape index (κ1) is 25.8. The summed E-state index contributed by atoms with van der Waals surface area (Å²) in [6.07, 6.45) is 2.46. The fourth-order valence-corrected chi connectivity index (χ4v) is 3.43. The molecule has 3 rings (SSSR count). The van der Waals surface area contributed by atoms with Gasteiger partial charge in [0.1, 0.15) is 12.4 Å². The summed E-state index contributed by atoms with van der Waals surface area (Å²) in [5.41, 5.74) is 1.29. The third-order valence-corrected chi connectivity index (χ3v) is 5.47. The molecule has 0 aliphatic carbocycles. The molecule has 3 aromatic rings. The maximum absolute atomic E-state index is 12.7. The summed E-state index contributed by atoms with van der Waals surface area (Å²) < 4.78 is 19.2. The van der Waals surface area contributed by atoms with Gasteiger partial charge >= 0.3 is 12.1 Å². The van der Waals surface area contributed by atoms with Crippen molar-refractivity contribution in [2.75, 3.05) is 20.8 Å². The highest BCUT2D eigenvalue weighted by atomic mass is 16.7. The number of esters is 1. The fraction of sp³-hybridized carbons (Fsp3) is 0.346. The van der Waals surface area contributed by atoms with Crippen LogP contribution in [-0.2, 0) is 19.1 Å². The van der Waals surface area contributed by atoms with Gasteiger partial charge in [-0.15, -0.1) is 0 Å². The van der Waals surface area contributed by atoms with Crippen molar-refractivity contribution in [2.24, 2.45) is 5.41 Å². The molecule has 2 unspecified atom stereocenters. The van der Waals surface area contributed by atoms with Crippen molar-refractivity contribution >= 4 is 12.1 Å². The second kappa shape index (κ2) is 11.5. The molecular formula is C26H31N3O6. The van der Waals surface area contributed by atoms with Crippen molar-refractivity contribution in [3.63, 3.8) is 0 Å². The van der Waals surface area contributed by atoms with E-state index in [2.05, 4.69) is 4.98 Å². The van der Waals surface area contributed by atoms with Crippen molar-refractivity contribution in [1.29, 1.82) is 0 Å². The molecule has 0 saturated heterocycles. The van der Waals surface area contributed by atoms with E-state index in [1.54, 1.807) is 23.3 Å². The SMILES string of the molecule is CON(C)C(=O)OC(C(Oc1ccc(-c2ccccc2)cc1)n1ccnc1)C(C)(C)COC(C)=O. The molecule has 0 aliphatic rings. The van der Waals surface area contributed by atoms with Crippen LogP contribution in [0.5, 0.6) is 5.75 Å². The summed E-state index contributed by atoms with van der Waals surface area (Å²) in [5, 5.41) is 0.967. The van der Waals surface area contributed by atoms with E-state index in [0.29, 0.717) is 5.75 Å². The van der Waals surface area contributed by atoms with Gasteiger partial charge in [0.15, 0.2) is 6.10 Å². The van der Waals surface area contributed by atoms with Gasteiger partial charge < -0.3 is 14.2 Å². The summed E-state index contributed by atoms with van der Waals surface area (Å²) in [7, 11) is 2.80. The molecule has 0 aliphatic heterocycles. The molecule has 9 nitrogen and oxygen atoms in total. The van der Waals surface area contributed by atoms with Crippen LogP contribution < -0.4 is 4.74 Å². The molecule has 2 atom stereocenters. The Morgan fingerprint density at radius 2 is 1.71 bits per heavy atom. The van der Waals surface area contributed by atoms with Crippen molar-refractivity contribution in [3.8, 4) is 16.9 Å². The average Bonchev–Trinajstić information content (AvgIpc) is 3.40. The first-order chi connectivity index (χ1) is 16.7. The van der Waals surface area contributed by atoms with E-state index in [4.69, 9.17) is 19.0 Å². The van der Waals surface area contributed by atoms with E-state index in [-0.39, 0.29) is 6.61 Å².